The minimum atomic E-state index is 0.142. The summed E-state index contributed by atoms with van der Waals surface area (Å²) in [5.41, 5.74) is 6.91. The normalized spacial score (nSPS) is 9.96. The average Bonchev–Trinajstić information content (AvgIpc) is 2.62. The van der Waals surface area contributed by atoms with Crippen molar-refractivity contribution < 1.29 is 4.74 Å². The molecule has 6 heteroatoms. The van der Waals surface area contributed by atoms with Crippen LogP contribution < -0.4 is 10.5 Å². The topological polar surface area (TPSA) is 89.2 Å². The highest BCUT2D eigenvalue weighted by Gasteiger charge is 2.22. The second-order valence-electron chi connectivity index (χ2n) is 4.90. The van der Waals surface area contributed by atoms with Gasteiger partial charge in [-0.3, -0.25) is 5.41 Å². The maximum absolute atomic E-state index is 8.33. The third-order valence-corrected chi connectivity index (χ3v) is 3.35. The third-order valence-electron chi connectivity index (χ3n) is 3.35. The lowest BCUT2D eigenvalue weighted by Gasteiger charge is -2.07. The van der Waals surface area contributed by atoms with Gasteiger partial charge in [0.15, 0.2) is 5.56 Å². The summed E-state index contributed by atoms with van der Waals surface area (Å²) in [6, 6.07) is 16.5. The first-order valence-corrected chi connectivity index (χ1v) is 7.12. The molecule has 0 bridgehead atoms. The largest absolute Gasteiger partial charge is 0.457 e. The summed E-state index contributed by atoms with van der Waals surface area (Å²) in [4.78, 5) is 11.4. The Morgan fingerprint density at radius 3 is 2.33 bits per heavy atom. The van der Waals surface area contributed by atoms with Gasteiger partial charge in [-0.1, -0.05) is 18.2 Å². The molecule has 3 N–H and O–H groups in total. The van der Waals surface area contributed by atoms with Gasteiger partial charge in [0, 0.05) is 5.56 Å². The lowest BCUT2D eigenvalue weighted by atomic mass is 10.0. The van der Waals surface area contributed by atoms with Crippen LogP contribution in [0.5, 0.6) is 11.5 Å². The van der Waals surface area contributed by atoms with Crippen molar-refractivity contribution in [3.05, 3.63) is 76.9 Å². The molecule has 0 fully saturated rings. The van der Waals surface area contributed by atoms with E-state index in [4.69, 9.17) is 22.5 Å². The van der Waals surface area contributed by atoms with Gasteiger partial charge in [0.05, 0.1) is 5.71 Å². The Labute approximate surface area is 138 Å². The van der Waals surface area contributed by atoms with Crippen molar-refractivity contribution >= 4 is 17.3 Å². The molecule has 0 radical (unpaired) electrons. The van der Waals surface area contributed by atoms with E-state index in [1.165, 1.54) is 6.33 Å². The Morgan fingerprint density at radius 2 is 1.67 bits per heavy atom. The molecule has 2 aromatic carbocycles. The van der Waals surface area contributed by atoms with Gasteiger partial charge in [-0.25, -0.2) is 0 Å². The third kappa shape index (κ3) is 3.05. The van der Waals surface area contributed by atoms with E-state index in [2.05, 4.69) is 14.8 Å². The molecule has 3 aromatic rings. The lowest BCUT2D eigenvalue weighted by molar-refractivity contribution is 0.482. The number of nitrogens with two attached hydrogens (primary N) is 1. The standard InChI is InChI=1S/C18H14N5O/c1-21-18-15(17(20)22-11-23-18)16(19)12-7-9-14(10-8-12)24-13-5-3-2-4-6-13/h1-11,19H,(H2,20,22,23)/q+1. The average molecular weight is 316 g/mol. The number of para-hydroxylation sites is 1. The zero-order valence-electron chi connectivity index (χ0n) is 12.7. The van der Waals surface area contributed by atoms with E-state index in [1.54, 1.807) is 24.3 Å². The summed E-state index contributed by atoms with van der Waals surface area (Å²) in [6.07, 6.45) is 1.26. The molecule has 0 amide bonds. The Bertz CT molecular complexity index is 914. The van der Waals surface area contributed by atoms with Crippen LogP contribution in [0.25, 0.3) is 4.85 Å². The molecule has 0 aliphatic heterocycles. The van der Waals surface area contributed by atoms with E-state index < -0.39 is 0 Å². The van der Waals surface area contributed by atoms with E-state index in [-0.39, 0.29) is 17.3 Å². The van der Waals surface area contributed by atoms with E-state index in [9.17, 15) is 0 Å². The Morgan fingerprint density at radius 1 is 1.00 bits per heavy atom. The molecule has 1 aromatic heterocycles. The number of nitrogens with zero attached hydrogens (tertiary/aromatic N) is 3. The lowest BCUT2D eigenvalue weighted by Crippen LogP contribution is -2.08. The van der Waals surface area contributed by atoms with Crippen LogP contribution in [0, 0.1) is 12.0 Å². The van der Waals surface area contributed by atoms with E-state index in [0.29, 0.717) is 16.9 Å². The summed E-state index contributed by atoms with van der Waals surface area (Å²) in [7, 11) is 0. The molecule has 1 heterocycles. The summed E-state index contributed by atoms with van der Waals surface area (Å²) in [5.74, 6) is 1.74. The first-order valence-electron chi connectivity index (χ1n) is 7.12. The molecule has 0 aliphatic carbocycles. The monoisotopic (exact) mass is 316 g/mol. The van der Waals surface area contributed by atoms with Gasteiger partial charge in [0.25, 0.3) is 0 Å². The summed E-state index contributed by atoms with van der Waals surface area (Å²) in [6.45, 7) is 5.31. The number of rotatable bonds is 4. The van der Waals surface area contributed by atoms with E-state index in [1.807, 2.05) is 30.3 Å². The smallest absolute Gasteiger partial charge is 0.439 e. The molecular formula is C18H14N5O+. The number of ether oxygens (including phenoxy) is 1. The van der Waals surface area contributed by atoms with Gasteiger partial charge < -0.3 is 10.5 Å². The predicted molar refractivity (Wildman–Crippen MR) is 93.3 cm³/mol. The van der Waals surface area contributed by atoms with Crippen molar-refractivity contribution in [2.45, 2.75) is 0 Å². The van der Waals surface area contributed by atoms with Crippen molar-refractivity contribution in [2.24, 2.45) is 0 Å². The number of benzene rings is 2. The predicted octanol–water partition coefficient (Wildman–Crippen LogP) is 3.86. The van der Waals surface area contributed by atoms with Crippen LogP contribution in [0.15, 0.2) is 60.9 Å². The molecule has 0 unspecified atom stereocenters. The highest BCUT2D eigenvalue weighted by Crippen LogP contribution is 2.26. The first kappa shape index (κ1) is 15.2. The highest BCUT2D eigenvalue weighted by molar-refractivity contribution is 6.16. The molecule has 0 saturated carbocycles. The van der Waals surface area contributed by atoms with Crippen molar-refractivity contribution in [3.8, 4) is 18.1 Å². The Kier molecular flexibility index (Phi) is 4.17. The fourth-order valence-electron chi connectivity index (χ4n) is 2.19. The van der Waals surface area contributed by atoms with Gasteiger partial charge in [0.1, 0.15) is 23.9 Å². The molecule has 0 spiro atoms. The summed E-state index contributed by atoms with van der Waals surface area (Å²) in [5, 5.41) is 8.33. The molecule has 0 saturated heterocycles. The number of hydrogen-bond acceptors (Lipinski definition) is 5. The van der Waals surface area contributed by atoms with Crippen LogP contribution >= 0.6 is 0 Å². The van der Waals surface area contributed by atoms with Crippen LogP contribution in [0.1, 0.15) is 11.1 Å². The molecule has 0 aliphatic rings. The Hall–Kier alpha value is -3.72. The minimum absolute atomic E-state index is 0.142. The summed E-state index contributed by atoms with van der Waals surface area (Å²) < 4.78 is 5.73. The van der Waals surface area contributed by atoms with Gasteiger partial charge in [-0.05, 0) is 41.4 Å². The van der Waals surface area contributed by atoms with Crippen LogP contribution in [0.3, 0.4) is 0 Å². The zero-order chi connectivity index (χ0) is 16.9. The number of nitrogens with one attached hydrogen (secondary N) is 1. The molecule has 3 rings (SSSR count). The van der Waals surface area contributed by atoms with Crippen molar-refractivity contribution in [2.75, 3.05) is 5.73 Å². The second kappa shape index (κ2) is 6.58. The molecule has 6 nitrogen and oxygen atoms in total. The van der Waals surface area contributed by atoms with Crippen LogP contribution in [-0.2, 0) is 0 Å². The van der Waals surface area contributed by atoms with E-state index >= 15 is 0 Å². The number of anilines is 1. The SMILES string of the molecule is C#[N+]c1ncnc(N)c1C(=N)c1ccc(Oc2ccccc2)cc1. The van der Waals surface area contributed by atoms with Gasteiger partial charge in [-0.15, -0.1) is 0 Å². The summed E-state index contributed by atoms with van der Waals surface area (Å²) >= 11 is 0. The molecule has 116 valence electrons. The van der Waals surface area contributed by atoms with E-state index in [0.717, 1.165) is 5.75 Å². The second-order valence-corrected chi connectivity index (χ2v) is 4.90. The zero-order valence-corrected chi connectivity index (χ0v) is 12.7. The van der Waals surface area contributed by atoms with Crippen molar-refractivity contribution in [1.29, 1.82) is 5.41 Å². The van der Waals surface area contributed by atoms with Crippen LogP contribution in [0.2, 0.25) is 0 Å². The number of aromatic nitrogens is 2. The van der Waals surface area contributed by atoms with Crippen molar-refractivity contribution in [1.82, 2.24) is 9.97 Å². The quantitative estimate of drug-likeness (QED) is 0.715. The number of nitrogen functional groups attached to an aromatic ring is 1. The minimum Gasteiger partial charge on any atom is -0.457 e. The van der Waals surface area contributed by atoms with Crippen LogP contribution in [-0.4, -0.2) is 15.7 Å². The van der Waals surface area contributed by atoms with Gasteiger partial charge in [0.2, 0.25) is 6.33 Å². The fraction of sp³-hybridized carbons (Fsp3) is 0. The maximum atomic E-state index is 8.33. The molecule has 0 atom stereocenters. The first-order chi connectivity index (χ1) is 11.7. The molecular weight excluding hydrogens is 302 g/mol. The van der Waals surface area contributed by atoms with Crippen molar-refractivity contribution in [3.63, 3.8) is 0 Å². The van der Waals surface area contributed by atoms with Gasteiger partial charge >= 0.3 is 5.82 Å². The Balaban J connectivity index is 1.86. The molecule has 24 heavy (non-hydrogen) atoms. The maximum Gasteiger partial charge on any atom is 0.439 e. The fourth-order valence-corrected chi connectivity index (χ4v) is 2.19. The number of hydrogen-bond donors (Lipinski definition) is 2. The highest BCUT2D eigenvalue weighted by atomic mass is 16.5. The van der Waals surface area contributed by atoms with Gasteiger partial charge in [-0.2, -0.15) is 9.83 Å². The van der Waals surface area contributed by atoms with Crippen LogP contribution in [0.4, 0.5) is 11.6 Å².